The first-order valence-electron chi connectivity index (χ1n) is 7.77. The Morgan fingerprint density at radius 1 is 1.09 bits per heavy atom. The van der Waals surface area contributed by atoms with Crippen molar-refractivity contribution in [2.75, 3.05) is 13.2 Å². The maximum absolute atomic E-state index is 11.8. The van der Waals surface area contributed by atoms with Crippen molar-refractivity contribution in [3.8, 4) is 11.1 Å². The number of alkyl carbamates (subject to hydrolysis) is 1. The van der Waals surface area contributed by atoms with Crippen molar-refractivity contribution in [3.63, 3.8) is 0 Å². The van der Waals surface area contributed by atoms with Gasteiger partial charge in [0, 0.05) is 12.5 Å². The van der Waals surface area contributed by atoms with Crippen molar-refractivity contribution >= 4 is 6.09 Å². The summed E-state index contributed by atoms with van der Waals surface area (Å²) in [4.78, 5) is 11.8. The van der Waals surface area contributed by atoms with Gasteiger partial charge in [-0.2, -0.15) is 0 Å². The van der Waals surface area contributed by atoms with E-state index < -0.39 is 11.7 Å². The number of amides is 1. The molecular weight excluding hydrogens is 290 g/mol. The van der Waals surface area contributed by atoms with Gasteiger partial charge in [0.05, 0.1) is 5.60 Å². The molecule has 3 rings (SSSR count). The van der Waals surface area contributed by atoms with Crippen LogP contribution in [0.25, 0.3) is 11.1 Å². The van der Waals surface area contributed by atoms with Crippen LogP contribution in [0.15, 0.2) is 48.5 Å². The Hall–Kier alpha value is -2.33. The summed E-state index contributed by atoms with van der Waals surface area (Å²) in [5.41, 5.74) is 3.82. The van der Waals surface area contributed by atoms with Gasteiger partial charge >= 0.3 is 6.09 Å². The van der Waals surface area contributed by atoms with Gasteiger partial charge in [-0.1, -0.05) is 48.5 Å². The SMILES string of the molecule is CC(C)(O)CNC(=O)OCC1c2ccccc2-c2ccccc21. The van der Waals surface area contributed by atoms with Crippen LogP contribution in [0.2, 0.25) is 0 Å². The standard InChI is InChI=1S/C19H21NO3/c1-19(2,22)12-20-18(21)23-11-17-15-9-5-3-7-13(15)14-8-4-6-10-16(14)17/h3-10,17,22H,11-12H2,1-2H3,(H,20,21). The van der Waals surface area contributed by atoms with Gasteiger partial charge in [0.1, 0.15) is 6.61 Å². The molecule has 1 amide bonds. The quantitative estimate of drug-likeness (QED) is 0.911. The third kappa shape index (κ3) is 3.37. The number of aliphatic hydroxyl groups is 1. The maximum Gasteiger partial charge on any atom is 0.407 e. The van der Waals surface area contributed by atoms with E-state index in [1.54, 1.807) is 13.8 Å². The summed E-state index contributed by atoms with van der Waals surface area (Å²) in [5.74, 6) is 0.0512. The van der Waals surface area contributed by atoms with Crippen molar-refractivity contribution < 1.29 is 14.6 Å². The number of carbonyl (C=O) groups is 1. The van der Waals surface area contributed by atoms with E-state index in [1.807, 2.05) is 24.3 Å². The first kappa shape index (κ1) is 15.6. The molecule has 120 valence electrons. The Morgan fingerprint density at radius 2 is 1.61 bits per heavy atom. The van der Waals surface area contributed by atoms with E-state index in [0.717, 1.165) is 0 Å². The van der Waals surface area contributed by atoms with Crippen molar-refractivity contribution in [3.05, 3.63) is 59.7 Å². The lowest BCUT2D eigenvalue weighted by molar-refractivity contribution is 0.0736. The van der Waals surface area contributed by atoms with Gasteiger partial charge in [-0.15, -0.1) is 0 Å². The van der Waals surface area contributed by atoms with Crippen LogP contribution in [-0.4, -0.2) is 30.0 Å². The van der Waals surface area contributed by atoms with Gasteiger partial charge < -0.3 is 15.2 Å². The van der Waals surface area contributed by atoms with Crippen molar-refractivity contribution in [2.45, 2.75) is 25.4 Å². The molecule has 0 aromatic heterocycles. The van der Waals surface area contributed by atoms with Gasteiger partial charge in [-0.25, -0.2) is 4.79 Å². The van der Waals surface area contributed by atoms with E-state index in [2.05, 4.69) is 29.6 Å². The van der Waals surface area contributed by atoms with Gasteiger partial charge in [-0.05, 0) is 36.1 Å². The summed E-state index contributed by atoms with van der Waals surface area (Å²) in [7, 11) is 0. The molecule has 0 heterocycles. The van der Waals surface area contributed by atoms with Crippen LogP contribution < -0.4 is 5.32 Å². The minimum absolute atomic E-state index is 0.0512. The third-order valence-electron chi connectivity index (χ3n) is 4.01. The highest BCUT2D eigenvalue weighted by Crippen LogP contribution is 2.44. The van der Waals surface area contributed by atoms with Crippen molar-refractivity contribution in [1.82, 2.24) is 5.32 Å². The molecule has 0 saturated heterocycles. The predicted octanol–water partition coefficient (Wildman–Crippen LogP) is 3.30. The normalized spacial score (nSPS) is 13.3. The van der Waals surface area contributed by atoms with E-state index in [0.29, 0.717) is 0 Å². The lowest BCUT2D eigenvalue weighted by Gasteiger charge is -2.19. The monoisotopic (exact) mass is 311 g/mol. The maximum atomic E-state index is 11.8. The zero-order chi connectivity index (χ0) is 16.4. The number of carbonyl (C=O) groups excluding carboxylic acids is 1. The Bertz CT molecular complexity index is 673. The Morgan fingerprint density at radius 3 is 2.13 bits per heavy atom. The summed E-state index contributed by atoms with van der Waals surface area (Å²) in [6, 6.07) is 16.4. The van der Waals surface area contributed by atoms with Crippen molar-refractivity contribution in [1.29, 1.82) is 0 Å². The molecule has 0 radical (unpaired) electrons. The highest BCUT2D eigenvalue weighted by molar-refractivity contribution is 5.79. The molecule has 23 heavy (non-hydrogen) atoms. The molecular formula is C19H21NO3. The summed E-state index contributed by atoms with van der Waals surface area (Å²) in [6.07, 6.45) is -0.506. The Labute approximate surface area is 136 Å². The van der Waals surface area contributed by atoms with Crippen LogP contribution in [0.4, 0.5) is 4.79 Å². The highest BCUT2D eigenvalue weighted by atomic mass is 16.5. The highest BCUT2D eigenvalue weighted by Gasteiger charge is 2.29. The molecule has 4 nitrogen and oxygen atoms in total. The van der Waals surface area contributed by atoms with Crippen LogP contribution in [0.3, 0.4) is 0 Å². The van der Waals surface area contributed by atoms with Crippen LogP contribution in [-0.2, 0) is 4.74 Å². The Kier molecular flexibility index (Phi) is 4.09. The minimum atomic E-state index is -0.953. The number of hydrogen-bond acceptors (Lipinski definition) is 3. The second kappa shape index (κ2) is 6.05. The van der Waals surface area contributed by atoms with Gasteiger partial charge in [0.25, 0.3) is 0 Å². The molecule has 0 saturated carbocycles. The molecule has 0 aliphatic heterocycles. The van der Waals surface area contributed by atoms with E-state index in [-0.39, 0.29) is 19.1 Å². The van der Waals surface area contributed by atoms with Gasteiger partial charge in [0.2, 0.25) is 0 Å². The van der Waals surface area contributed by atoms with Crippen LogP contribution >= 0.6 is 0 Å². The molecule has 0 atom stereocenters. The number of benzene rings is 2. The molecule has 4 heteroatoms. The summed E-state index contributed by atoms with van der Waals surface area (Å²) >= 11 is 0. The number of hydrogen-bond donors (Lipinski definition) is 2. The minimum Gasteiger partial charge on any atom is -0.449 e. The van der Waals surface area contributed by atoms with Crippen LogP contribution in [0.1, 0.15) is 30.9 Å². The fourth-order valence-corrected chi connectivity index (χ4v) is 2.94. The fourth-order valence-electron chi connectivity index (χ4n) is 2.94. The topological polar surface area (TPSA) is 58.6 Å². The first-order chi connectivity index (χ1) is 11.0. The molecule has 0 bridgehead atoms. The summed E-state index contributed by atoms with van der Waals surface area (Å²) < 4.78 is 5.37. The molecule has 1 aliphatic carbocycles. The Balaban J connectivity index is 1.72. The average molecular weight is 311 g/mol. The molecule has 2 aromatic rings. The number of ether oxygens (including phenoxy) is 1. The largest absolute Gasteiger partial charge is 0.449 e. The third-order valence-corrected chi connectivity index (χ3v) is 4.01. The summed E-state index contributed by atoms with van der Waals surface area (Å²) in [5, 5.41) is 12.2. The number of fused-ring (bicyclic) bond motifs is 3. The van der Waals surface area contributed by atoms with Gasteiger partial charge in [-0.3, -0.25) is 0 Å². The van der Waals surface area contributed by atoms with Crippen LogP contribution in [0, 0.1) is 0 Å². The fraction of sp³-hybridized carbons (Fsp3) is 0.316. The smallest absolute Gasteiger partial charge is 0.407 e. The molecule has 0 fully saturated rings. The molecule has 1 aliphatic rings. The molecule has 0 unspecified atom stereocenters. The van der Waals surface area contributed by atoms with Crippen LogP contribution in [0.5, 0.6) is 0 Å². The second-order valence-electron chi connectivity index (χ2n) is 6.49. The lowest BCUT2D eigenvalue weighted by Crippen LogP contribution is -2.38. The number of rotatable bonds is 4. The predicted molar refractivity (Wildman–Crippen MR) is 89.4 cm³/mol. The van der Waals surface area contributed by atoms with Gasteiger partial charge in [0.15, 0.2) is 0 Å². The zero-order valence-electron chi connectivity index (χ0n) is 13.4. The first-order valence-corrected chi connectivity index (χ1v) is 7.77. The molecule has 0 spiro atoms. The molecule has 2 N–H and O–H groups in total. The van der Waals surface area contributed by atoms with E-state index in [4.69, 9.17) is 4.74 Å². The van der Waals surface area contributed by atoms with E-state index in [9.17, 15) is 9.90 Å². The van der Waals surface area contributed by atoms with E-state index in [1.165, 1.54) is 22.3 Å². The lowest BCUT2D eigenvalue weighted by atomic mass is 9.98. The second-order valence-corrected chi connectivity index (χ2v) is 6.49. The summed E-state index contributed by atoms with van der Waals surface area (Å²) in [6.45, 7) is 3.71. The number of nitrogens with one attached hydrogen (secondary N) is 1. The van der Waals surface area contributed by atoms with Crippen molar-refractivity contribution in [2.24, 2.45) is 0 Å². The zero-order valence-corrected chi connectivity index (χ0v) is 13.4. The molecule has 2 aromatic carbocycles. The van der Waals surface area contributed by atoms with E-state index >= 15 is 0 Å². The average Bonchev–Trinajstić information content (AvgIpc) is 2.84.